The molecule has 1 N–H and O–H groups in total. The number of rotatable bonds is 4. The van der Waals surface area contributed by atoms with Gasteiger partial charge in [-0.2, -0.15) is 0 Å². The van der Waals surface area contributed by atoms with Gasteiger partial charge in [-0.05, 0) is 30.9 Å². The largest absolute Gasteiger partial charge is 0.476 e. The standard InChI is InChI=1S/C12H12N4O2/c17-12(18)10-11(9-3-1-2-6-13-9)16(15-14-10)7-8-4-5-8/h1-3,6,8H,4-5,7H2,(H,17,18). The molecule has 0 radical (unpaired) electrons. The summed E-state index contributed by atoms with van der Waals surface area (Å²) in [5.41, 5.74) is 1.06. The van der Waals surface area contributed by atoms with Gasteiger partial charge in [-0.15, -0.1) is 5.10 Å². The molecule has 3 rings (SSSR count). The Morgan fingerprint density at radius 1 is 1.44 bits per heavy atom. The van der Waals surface area contributed by atoms with Gasteiger partial charge in [-0.25, -0.2) is 9.48 Å². The SMILES string of the molecule is O=C(O)c1nnn(CC2CC2)c1-c1ccccn1. The summed E-state index contributed by atoms with van der Waals surface area (Å²) in [6.45, 7) is 0.714. The summed E-state index contributed by atoms with van der Waals surface area (Å²) < 4.78 is 1.66. The van der Waals surface area contributed by atoms with E-state index in [-0.39, 0.29) is 5.69 Å². The maximum atomic E-state index is 11.2. The molecule has 1 fully saturated rings. The van der Waals surface area contributed by atoms with Crippen LogP contribution in [-0.4, -0.2) is 31.1 Å². The highest BCUT2D eigenvalue weighted by molar-refractivity contribution is 5.92. The Morgan fingerprint density at radius 3 is 2.89 bits per heavy atom. The van der Waals surface area contributed by atoms with Crippen LogP contribution in [0.1, 0.15) is 23.3 Å². The first-order valence-electron chi connectivity index (χ1n) is 5.84. The molecule has 2 aromatic rings. The molecule has 0 atom stereocenters. The molecule has 0 spiro atoms. The summed E-state index contributed by atoms with van der Waals surface area (Å²) >= 11 is 0. The Hall–Kier alpha value is -2.24. The third kappa shape index (κ3) is 1.97. The fraction of sp³-hybridized carbons (Fsp3) is 0.333. The molecule has 2 heterocycles. The van der Waals surface area contributed by atoms with E-state index in [0.717, 1.165) is 0 Å². The van der Waals surface area contributed by atoms with Crippen LogP contribution in [0, 0.1) is 5.92 Å². The van der Waals surface area contributed by atoms with Gasteiger partial charge in [0.25, 0.3) is 0 Å². The molecule has 0 bridgehead atoms. The Morgan fingerprint density at radius 2 is 2.28 bits per heavy atom. The molecule has 0 aliphatic heterocycles. The second-order valence-corrected chi connectivity index (χ2v) is 4.43. The van der Waals surface area contributed by atoms with Crippen molar-refractivity contribution < 1.29 is 9.90 Å². The lowest BCUT2D eigenvalue weighted by Crippen LogP contribution is -2.07. The Bertz CT molecular complexity index is 575. The highest BCUT2D eigenvalue weighted by Gasteiger charge is 2.27. The summed E-state index contributed by atoms with van der Waals surface area (Å²) in [4.78, 5) is 15.4. The lowest BCUT2D eigenvalue weighted by atomic mass is 10.2. The van der Waals surface area contributed by atoms with Gasteiger partial charge in [0.05, 0.1) is 5.69 Å². The number of pyridine rings is 1. The molecule has 2 aromatic heterocycles. The summed E-state index contributed by atoms with van der Waals surface area (Å²) in [6.07, 6.45) is 3.98. The molecule has 0 unspecified atom stereocenters. The maximum absolute atomic E-state index is 11.2. The fourth-order valence-corrected chi connectivity index (χ4v) is 1.89. The van der Waals surface area contributed by atoms with Crippen molar-refractivity contribution in [1.29, 1.82) is 0 Å². The molecule has 6 nitrogen and oxygen atoms in total. The van der Waals surface area contributed by atoms with E-state index in [0.29, 0.717) is 23.9 Å². The Balaban J connectivity index is 2.07. The van der Waals surface area contributed by atoms with Crippen LogP contribution in [0.2, 0.25) is 0 Å². The summed E-state index contributed by atoms with van der Waals surface area (Å²) in [5.74, 6) is -0.478. The minimum absolute atomic E-state index is 0.0330. The fourth-order valence-electron chi connectivity index (χ4n) is 1.89. The zero-order valence-electron chi connectivity index (χ0n) is 9.65. The van der Waals surface area contributed by atoms with Crippen molar-refractivity contribution in [2.24, 2.45) is 5.92 Å². The summed E-state index contributed by atoms with van der Waals surface area (Å²) in [7, 11) is 0. The second kappa shape index (κ2) is 4.21. The molecule has 0 amide bonds. The first kappa shape index (κ1) is 10.9. The topological polar surface area (TPSA) is 80.9 Å². The molecule has 18 heavy (non-hydrogen) atoms. The quantitative estimate of drug-likeness (QED) is 0.880. The van der Waals surface area contributed by atoms with Crippen molar-refractivity contribution in [1.82, 2.24) is 20.0 Å². The van der Waals surface area contributed by atoms with E-state index in [1.807, 2.05) is 6.07 Å². The number of aromatic carboxylic acids is 1. The van der Waals surface area contributed by atoms with E-state index in [2.05, 4.69) is 15.3 Å². The van der Waals surface area contributed by atoms with Crippen molar-refractivity contribution in [3.63, 3.8) is 0 Å². The molecule has 92 valence electrons. The number of aromatic nitrogens is 4. The highest BCUT2D eigenvalue weighted by Crippen LogP contribution is 2.32. The van der Waals surface area contributed by atoms with Crippen molar-refractivity contribution in [3.8, 4) is 11.4 Å². The van der Waals surface area contributed by atoms with Gasteiger partial charge in [0.2, 0.25) is 0 Å². The average Bonchev–Trinajstić information content (AvgIpc) is 3.07. The van der Waals surface area contributed by atoms with Crippen LogP contribution in [0.5, 0.6) is 0 Å². The monoisotopic (exact) mass is 244 g/mol. The van der Waals surface area contributed by atoms with Crippen molar-refractivity contribution in [2.75, 3.05) is 0 Å². The maximum Gasteiger partial charge on any atom is 0.358 e. The van der Waals surface area contributed by atoms with Gasteiger partial charge < -0.3 is 5.11 Å². The number of hydrogen-bond donors (Lipinski definition) is 1. The molecule has 1 aliphatic rings. The second-order valence-electron chi connectivity index (χ2n) is 4.43. The predicted molar refractivity (Wildman–Crippen MR) is 62.9 cm³/mol. The van der Waals surface area contributed by atoms with Crippen molar-refractivity contribution in [3.05, 3.63) is 30.1 Å². The Labute approximate surface area is 103 Å². The molecular weight excluding hydrogens is 232 g/mol. The van der Waals surface area contributed by atoms with Gasteiger partial charge in [0.15, 0.2) is 5.69 Å². The number of nitrogens with zero attached hydrogens (tertiary/aromatic N) is 4. The predicted octanol–water partition coefficient (Wildman–Crippen LogP) is 1.45. The average molecular weight is 244 g/mol. The number of carboxylic acids is 1. The lowest BCUT2D eigenvalue weighted by molar-refractivity contribution is 0.0691. The van der Waals surface area contributed by atoms with Gasteiger partial charge >= 0.3 is 5.97 Å². The van der Waals surface area contributed by atoms with E-state index in [4.69, 9.17) is 5.11 Å². The van der Waals surface area contributed by atoms with Gasteiger partial charge in [0, 0.05) is 12.7 Å². The lowest BCUT2D eigenvalue weighted by Gasteiger charge is -2.05. The minimum Gasteiger partial charge on any atom is -0.476 e. The molecular formula is C12H12N4O2. The van der Waals surface area contributed by atoms with Gasteiger partial charge in [-0.3, -0.25) is 4.98 Å². The number of carboxylic acid groups (broad SMARTS) is 1. The van der Waals surface area contributed by atoms with Crippen LogP contribution in [0.4, 0.5) is 0 Å². The first-order chi connectivity index (χ1) is 8.75. The highest BCUT2D eigenvalue weighted by atomic mass is 16.4. The van der Waals surface area contributed by atoms with E-state index in [1.165, 1.54) is 12.8 Å². The van der Waals surface area contributed by atoms with E-state index in [9.17, 15) is 4.79 Å². The van der Waals surface area contributed by atoms with Gasteiger partial charge in [0.1, 0.15) is 5.69 Å². The van der Waals surface area contributed by atoms with Crippen LogP contribution in [0.25, 0.3) is 11.4 Å². The third-order valence-electron chi connectivity index (χ3n) is 2.97. The molecule has 1 saturated carbocycles. The summed E-state index contributed by atoms with van der Waals surface area (Å²) in [6, 6.07) is 5.38. The van der Waals surface area contributed by atoms with E-state index < -0.39 is 5.97 Å². The van der Waals surface area contributed by atoms with Crippen LogP contribution < -0.4 is 0 Å². The van der Waals surface area contributed by atoms with Crippen molar-refractivity contribution >= 4 is 5.97 Å². The van der Waals surface area contributed by atoms with Crippen LogP contribution in [0.15, 0.2) is 24.4 Å². The van der Waals surface area contributed by atoms with Crippen LogP contribution in [0.3, 0.4) is 0 Å². The zero-order valence-corrected chi connectivity index (χ0v) is 9.65. The third-order valence-corrected chi connectivity index (χ3v) is 2.97. The number of carbonyl (C=O) groups is 1. The van der Waals surface area contributed by atoms with E-state index >= 15 is 0 Å². The molecule has 6 heteroatoms. The summed E-state index contributed by atoms with van der Waals surface area (Å²) in [5, 5.41) is 16.8. The number of hydrogen-bond acceptors (Lipinski definition) is 4. The van der Waals surface area contributed by atoms with E-state index in [1.54, 1.807) is 23.0 Å². The molecule has 0 aromatic carbocycles. The molecule has 1 aliphatic carbocycles. The zero-order chi connectivity index (χ0) is 12.5. The van der Waals surface area contributed by atoms with Gasteiger partial charge in [-0.1, -0.05) is 11.3 Å². The van der Waals surface area contributed by atoms with Crippen molar-refractivity contribution in [2.45, 2.75) is 19.4 Å². The van der Waals surface area contributed by atoms with Crippen LogP contribution >= 0.6 is 0 Å². The Kier molecular flexibility index (Phi) is 2.55. The van der Waals surface area contributed by atoms with Crippen LogP contribution in [-0.2, 0) is 6.54 Å². The normalized spacial score (nSPS) is 14.7. The molecule has 0 saturated heterocycles. The smallest absolute Gasteiger partial charge is 0.358 e. The first-order valence-corrected chi connectivity index (χ1v) is 5.84. The minimum atomic E-state index is -1.07.